The molecule has 0 saturated carbocycles. The molecule has 1 unspecified atom stereocenters. The highest BCUT2D eigenvalue weighted by Gasteiger charge is 2.19. The molecular formula is C16H24N2O2. The van der Waals surface area contributed by atoms with Crippen molar-refractivity contribution in [2.24, 2.45) is 0 Å². The van der Waals surface area contributed by atoms with Crippen molar-refractivity contribution in [3.63, 3.8) is 0 Å². The highest BCUT2D eigenvalue weighted by molar-refractivity contribution is 5.81. The molecular weight excluding hydrogens is 252 g/mol. The smallest absolute Gasteiger partial charge is 0.237 e. The molecule has 1 saturated heterocycles. The molecule has 1 amide bonds. The molecule has 2 N–H and O–H groups in total. The minimum Gasteiger partial charge on any atom is -0.494 e. The van der Waals surface area contributed by atoms with Crippen LogP contribution in [0.5, 0.6) is 5.75 Å². The average Bonchev–Trinajstić information content (AvgIpc) is 2.52. The van der Waals surface area contributed by atoms with E-state index >= 15 is 0 Å². The lowest BCUT2D eigenvalue weighted by atomic mass is 10.0. The Balaban J connectivity index is 1.76. The Kier molecular flexibility index (Phi) is 5.87. The molecule has 1 aromatic rings. The Hall–Kier alpha value is -1.55. The summed E-state index contributed by atoms with van der Waals surface area (Å²) in [4.78, 5) is 12.0. The SMILES string of the molecule is CCCOc1ccc(CNC(=O)C2CCCCN2)cc1. The molecule has 4 heteroatoms. The summed E-state index contributed by atoms with van der Waals surface area (Å²) < 4.78 is 5.53. The number of piperidine rings is 1. The molecule has 1 fully saturated rings. The molecule has 110 valence electrons. The van der Waals surface area contributed by atoms with E-state index in [0.717, 1.165) is 43.7 Å². The molecule has 0 bridgehead atoms. The number of hydrogen-bond acceptors (Lipinski definition) is 3. The van der Waals surface area contributed by atoms with E-state index in [1.807, 2.05) is 24.3 Å². The third kappa shape index (κ3) is 4.53. The van der Waals surface area contributed by atoms with E-state index in [9.17, 15) is 4.79 Å². The lowest BCUT2D eigenvalue weighted by Crippen LogP contribution is -2.46. The first-order valence-electron chi connectivity index (χ1n) is 7.52. The monoisotopic (exact) mass is 276 g/mol. The fourth-order valence-corrected chi connectivity index (χ4v) is 2.31. The third-order valence-corrected chi connectivity index (χ3v) is 3.49. The van der Waals surface area contributed by atoms with Gasteiger partial charge in [0, 0.05) is 6.54 Å². The Morgan fingerprint density at radius 3 is 2.80 bits per heavy atom. The number of benzene rings is 1. The van der Waals surface area contributed by atoms with Gasteiger partial charge in [-0.1, -0.05) is 25.5 Å². The minimum absolute atomic E-state index is 0.0177. The number of amides is 1. The quantitative estimate of drug-likeness (QED) is 0.837. The van der Waals surface area contributed by atoms with Crippen LogP contribution in [0.3, 0.4) is 0 Å². The Labute approximate surface area is 120 Å². The average molecular weight is 276 g/mol. The van der Waals surface area contributed by atoms with Crippen molar-refractivity contribution in [2.75, 3.05) is 13.2 Å². The largest absolute Gasteiger partial charge is 0.494 e. The van der Waals surface area contributed by atoms with Crippen molar-refractivity contribution >= 4 is 5.91 Å². The van der Waals surface area contributed by atoms with E-state index in [-0.39, 0.29) is 11.9 Å². The molecule has 0 spiro atoms. The van der Waals surface area contributed by atoms with E-state index in [2.05, 4.69) is 17.6 Å². The predicted octanol–water partition coefficient (Wildman–Crippen LogP) is 2.23. The normalized spacial score (nSPS) is 18.6. The van der Waals surface area contributed by atoms with Crippen LogP contribution >= 0.6 is 0 Å². The molecule has 0 aromatic heterocycles. The number of carbonyl (C=O) groups excluding carboxylic acids is 1. The maximum absolute atomic E-state index is 12.0. The highest BCUT2D eigenvalue weighted by Crippen LogP contribution is 2.12. The number of ether oxygens (including phenoxy) is 1. The van der Waals surface area contributed by atoms with Gasteiger partial charge in [0.25, 0.3) is 0 Å². The molecule has 1 heterocycles. The summed E-state index contributed by atoms with van der Waals surface area (Å²) >= 11 is 0. The van der Waals surface area contributed by atoms with E-state index in [0.29, 0.717) is 6.54 Å². The van der Waals surface area contributed by atoms with Crippen LogP contribution in [0.2, 0.25) is 0 Å². The van der Waals surface area contributed by atoms with Crippen LogP contribution in [0.25, 0.3) is 0 Å². The van der Waals surface area contributed by atoms with E-state index in [4.69, 9.17) is 4.74 Å². The molecule has 4 nitrogen and oxygen atoms in total. The lowest BCUT2D eigenvalue weighted by molar-refractivity contribution is -0.123. The lowest BCUT2D eigenvalue weighted by Gasteiger charge is -2.22. The van der Waals surface area contributed by atoms with Crippen LogP contribution in [0, 0.1) is 0 Å². The summed E-state index contributed by atoms with van der Waals surface area (Å²) in [5.74, 6) is 0.992. The van der Waals surface area contributed by atoms with Gasteiger partial charge in [0.15, 0.2) is 0 Å². The maximum atomic E-state index is 12.0. The summed E-state index contributed by atoms with van der Waals surface area (Å²) in [5.41, 5.74) is 1.10. The number of rotatable bonds is 6. The fraction of sp³-hybridized carbons (Fsp3) is 0.562. The maximum Gasteiger partial charge on any atom is 0.237 e. The first kappa shape index (κ1) is 14.9. The first-order valence-corrected chi connectivity index (χ1v) is 7.52. The first-order chi connectivity index (χ1) is 9.79. The molecule has 1 aliphatic heterocycles. The van der Waals surface area contributed by atoms with Gasteiger partial charge in [-0.25, -0.2) is 0 Å². The van der Waals surface area contributed by atoms with Gasteiger partial charge in [0.2, 0.25) is 5.91 Å². The highest BCUT2D eigenvalue weighted by atomic mass is 16.5. The molecule has 20 heavy (non-hydrogen) atoms. The predicted molar refractivity (Wildman–Crippen MR) is 79.7 cm³/mol. The molecule has 1 aliphatic rings. The van der Waals surface area contributed by atoms with Gasteiger partial charge in [-0.3, -0.25) is 4.79 Å². The van der Waals surface area contributed by atoms with Crippen molar-refractivity contribution in [3.8, 4) is 5.75 Å². The van der Waals surface area contributed by atoms with Gasteiger partial charge < -0.3 is 15.4 Å². The van der Waals surface area contributed by atoms with Gasteiger partial charge in [-0.05, 0) is 43.5 Å². The van der Waals surface area contributed by atoms with Crippen molar-refractivity contribution in [1.29, 1.82) is 0 Å². The zero-order valence-corrected chi connectivity index (χ0v) is 12.2. The van der Waals surface area contributed by atoms with Crippen LogP contribution in [0.1, 0.15) is 38.2 Å². The van der Waals surface area contributed by atoms with Gasteiger partial charge in [-0.2, -0.15) is 0 Å². The topological polar surface area (TPSA) is 50.4 Å². The molecule has 0 aliphatic carbocycles. The van der Waals surface area contributed by atoms with Crippen LogP contribution in [0.15, 0.2) is 24.3 Å². The van der Waals surface area contributed by atoms with E-state index in [1.54, 1.807) is 0 Å². The summed E-state index contributed by atoms with van der Waals surface area (Å²) in [7, 11) is 0. The van der Waals surface area contributed by atoms with Crippen molar-refractivity contribution in [2.45, 2.75) is 45.2 Å². The Morgan fingerprint density at radius 2 is 2.15 bits per heavy atom. The van der Waals surface area contributed by atoms with Crippen LogP contribution < -0.4 is 15.4 Å². The second kappa shape index (κ2) is 7.90. The number of nitrogens with one attached hydrogen (secondary N) is 2. The zero-order chi connectivity index (χ0) is 14.2. The minimum atomic E-state index is -0.0177. The summed E-state index contributed by atoms with van der Waals surface area (Å²) in [6, 6.07) is 7.89. The Morgan fingerprint density at radius 1 is 1.35 bits per heavy atom. The van der Waals surface area contributed by atoms with E-state index < -0.39 is 0 Å². The van der Waals surface area contributed by atoms with Gasteiger partial charge in [0.05, 0.1) is 12.6 Å². The Bertz CT molecular complexity index is 411. The van der Waals surface area contributed by atoms with Crippen LogP contribution in [-0.4, -0.2) is 25.1 Å². The summed E-state index contributed by atoms with van der Waals surface area (Å²) in [6.45, 7) is 4.35. The molecule has 1 aromatic carbocycles. The second-order valence-electron chi connectivity index (χ2n) is 5.21. The molecule has 2 rings (SSSR count). The number of carbonyl (C=O) groups is 1. The molecule has 0 radical (unpaired) electrons. The summed E-state index contributed by atoms with van der Waals surface area (Å²) in [6.07, 6.45) is 4.25. The van der Waals surface area contributed by atoms with Crippen molar-refractivity contribution < 1.29 is 9.53 Å². The third-order valence-electron chi connectivity index (χ3n) is 3.49. The standard InChI is InChI=1S/C16H24N2O2/c1-2-11-20-14-8-6-13(7-9-14)12-18-16(19)15-5-3-4-10-17-15/h6-9,15,17H,2-5,10-12H2,1H3,(H,18,19). The van der Waals surface area contributed by atoms with Gasteiger partial charge >= 0.3 is 0 Å². The summed E-state index contributed by atoms with van der Waals surface area (Å²) in [5, 5.41) is 6.24. The van der Waals surface area contributed by atoms with Crippen LogP contribution in [-0.2, 0) is 11.3 Å². The van der Waals surface area contributed by atoms with Gasteiger partial charge in [-0.15, -0.1) is 0 Å². The fourth-order valence-electron chi connectivity index (χ4n) is 2.31. The zero-order valence-electron chi connectivity index (χ0n) is 12.2. The number of hydrogen-bond donors (Lipinski definition) is 2. The van der Waals surface area contributed by atoms with Crippen molar-refractivity contribution in [1.82, 2.24) is 10.6 Å². The van der Waals surface area contributed by atoms with Gasteiger partial charge in [0.1, 0.15) is 5.75 Å². The molecule has 1 atom stereocenters. The van der Waals surface area contributed by atoms with E-state index in [1.165, 1.54) is 6.42 Å². The van der Waals surface area contributed by atoms with Crippen LogP contribution in [0.4, 0.5) is 0 Å². The second-order valence-corrected chi connectivity index (χ2v) is 5.21. The van der Waals surface area contributed by atoms with Crippen molar-refractivity contribution in [3.05, 3.63) is 29.8 Å².